The van der Waals surface area contributed by atoms with Gasteiger partial charge < -0.3 is 9.32 Å². The van der Waals surface area contributed by atoms with E-state index in [1.807, 2.05) is 0 Å². The van der Waals surface area contributed by atoms with Gasteiger partial charge in [-0.05, 0) is 12.8 Å². The van der Waals surface area contributed by atoms with Crippen LogP contribution in [0.3, 0.4) is 0 Å². The van der Waals surface area contributed by atoms with Gasteiger partial charge in [0.1, 0.15) is 5.69 Å². The number of alkyl halides is 3. The maximum Gasteiger partial charge on any atom is 0.470 e. The van der Waals surface area contributed by atoms with Crippen molar-refractivity contribution in [2.75, 3.05) is 13.1 Å². The van der Waals surface area contributed by atoms with Gasteiger partial charge in [-0.3, -0.25) is 9.78 Å². The summed E-state index contributed by atoms with van der Waals surface area (Å²) in [6, 6.07) is 0. The van der Waals surface area contributed by atoms with Crippen LogP contribution >= 0.6 is 0 Å². The van der Waals surface area contributed by atoms with Crippen LogP contribution in [0, 0.1) is 0 Å². The number of hydrogen-bond acceptors (Lipinski definition) is 6. The fourth-order valence-corrected chi connectivity index (χ4v) is 2.42. The van der Waals surface area contributed by atoms with Crippen LogP contribution in [0.4, 0.5) is 13.2 Å². The van der Waals surface area contributed by atoms with Gasteiger partial charge in [-0.25, -0.2) is 4.98 Å². The van der Waals surface area contributed by atoms with Crippen LogP contribution < -0.4 is 0 Å². The molecule has 0 N–H and O–H groups in total. The number of aromatic nitrogens is 4. The van der Waals surface area contributed by atoms with Gasteiger partial charge in [0.2, 0.25) is 5.89 Å². The van der Waals surface area contributed by atoms with Crippen molar-refractivity contribution in [1.29, 1.82) is 0 Å². The molecule has 3 rings (SSSR count). The van der Waals surface area contributed by atoms with E-state index in [1.54, 1.807) is 4.90 Å². The van der Waals surface area contributed by atoms with Gasteiger partial charge >= 0.3 is 12.1 Å². The van der Waals surface area contributed by atoms with E-state index in [9.17, 15) is 18.0 Å². The Kier molecular flexibility index (Phi) is 3.97. The van der Waals surface area contributed by atoms with Crippen molar-refractivity contribution >= 4 is 5.91 Å². The van der Waals surface area contributed by atoms with Gasteiger partial charge in [-0.2, -0.15) is 13.2 Å². The van der Waals surface area contributed by atoms with Gasteiger partial charge in [0.05, 0.1) is 6.20 Å². The Morgan fingerprint density at radius 2 is 1.96 bits per heavy atom. The molecule has 0 aromatic carbocycles. The summed E-state index contributed by atoms with van der Waals surface area (Å²) >= 11 is 0. The predicted molar refractivity (Wildman–Crippen MR) is 69.2 cm³/mol. The number of carbonyl (C=O) groups is 1. The van der Waals surface area contributed by atoms with Crippen LogP contribution in [0.1, 0.15) is 41.0 Å². The number of nitrogens with zero attached hydrogens (tertiary/aromatic N) is 5. The van der Waals surface area contributed by atoms with Crippen molar-refractivity contribution in [3.05, 3.63) is 36.1 Å². The first-order valence-corrected chi connectivity index (χ1v) is 6.91. The molecule has 2 aromatic heterocycles. The summed E-state index contributed by atoms with van der Waals surface area (Å²) in [4.78, 5) is 21.6. The summed E-state index contributed by atoms with van der Waals surface area (Å²) < 4.78 is 42.1. The zero-order valence-corrected chi connectivity index (χ0v) is 11.8. The molecule has 0 spiro atoms. The molecular formula is C13H12F3N5O2. The SMILES string of the molecule is O=C(c1cnccn1)N1CCC(c2nnc(C(F)(F)F)o2)CC1. The van der Waals surface area contributed by atoms with Crippen LogP contribution in [0.2, 0.25) is 0 Å². The number of halogens is 3. The molecular weight excluding hydrogens is 315 g/mol. The average Bonchev–Trinajstić information content (AvgIpc) is 3.05. The third-order valence-electron chi connectivity index (χ3n) is 3.60. The molecule has 0 atom stereocenters. The Hall–Kier alpha value is -2.52. The molecule has 1 aliphatic rings. The van der Waals surface area contributed by atoms with E-state index in [1.165, 1.54) is 18.6 Å². The van der Waals surface area contributed by atoms with Crippen LogP contribution in [0.15, 0.2) is 23.0 Å². The lowest BCUT2D eigenvalue weighted by molar-refractivity contribution is -0.157. The summed E-state index contributed by atoms with van der Waals surface area (Å²) in [5.74, 6) is -1.92. The van der Waals surface area contributed by atoms with Crippen molar-refractivity contribution < 1.29 is 22.4 Å². The van der Waals surface area contributed by atoms with Gasteiger partial charge in [-0.1, -0.05) is 0 Å². The minimum atomic E-state index is -4.64. The lowest BCUT2D eigenvalue weighted by Gasteiger charge is -2.30. The van der Waals surface area contributed by atoms with Crippen LogP contribution in [0.25, 0.3) is 0 Å². The molecule has 1 saturated heterocycles. The Labute approximate surface area is 128 Å². The molecule has 0 unspecified atom stereocenters. The van der Waals surface area contributed by atoms with Crippen molar-refractivity contribution in [2.45, 2.75) is 24.9 Å². The fraction of sp³-hybridized carbons (Fsp3) is 0.462. The molecule has 23 heavy (non-hydrogen) atoms. The summed E-state index contributed by atoms with van der Waals surface area (Å²) in [5.41, 5.74) is 0.239. The summed E-state index contributed by atoms with van der Waals surface area (Å²) in [6.07, 6.45) is 0.529. The minimum Gasteiger partial charge on any atom is -0.417 e. The number of amides is 1. The molecule has 1 aliphatic heterocycles. The normalized spacial score (nSPS) is 16.6. The first-order chi connectivity index (χ1) is 10.9. The molecule has 122 valence electrons. The third kappa shape index (κ3) is 3.30. The largest absolute Gasteiger partial charge is 0.470 e. The molecule has 1 amide bonds. The highest BCUT2D eigenvalue weighted by Crippen LogP contribution is 2.32. The van der Waals surface area contributed by atoms with Crippen molar-refractivity contribution in [2.24, 2.45) is 0 Å². The molecule has 0 bridgehead atoms. The lowest BCUT2D eigenvalue weighted by Crippen LogP contribution is -2.38. The first kappa shape index (κ1) is 15.4. The number of piperidine rings is 1. The Bertz CT molecular complexity index is 680. The van der Waals surface area contributed by atoms with Crippen LogP contribution in [0.5, 0.6) is 0 Å². The molecule has 2 aromatic rings. The number of likely N-dealkylation sites (tertiary alicyclic amines) is 1. The van der Waals surface area contributed by atoms with Gasteiger partial charge in [0, 0.05) is 31.4 Å². The highest BCUT2D eigenvalue weighted by molar-refractivity contribution is 5.92. The monoisotopic (exact) mass is 327 g/mol. The number of hydrogen-bond donors (Lipinski definition) is 0. The highest BCUT2D eigenvalue weighted by atomic mass is 19.4. The standard InChI is InChI=1S/C13H12F3N5O2/c14-13(15,16)12-20-19-10(23-12)8-1-5-21(6-2-8)11(22)9-7-17-3-4-18-9/h3-4,7-8H,1-2,5-6H2. The molecule has 1 fully saturated rings. The topological polar surface area (TPSA) is 85.0 Å². The third-order valence-corrected chi connectivity index (χ3v) is 3.60. The van der Waals surface area contributed by atoms with E-state index >= 15 is 0 Å². The zero-order chi connectivity index (χ0) is 16.4. The quantitative estimate of drug-likeness (QED) is 0.837. The summed E-state index contributed by atoms with van der Waals surface area (Å²) in [6.45, 7) is 0.758. The van der Waals surface area contributed by atoms with Crippen molar-refractivity contribution in [3.63, 3.8) is 0 Å². The minimum absolute atomic E-state index is 0.0380. The number of rotatable bonds is 2. The molecule has 0 radical (unpaired) electrons. The first-order valence-electron chi connectivity index (χ1n) is 6.91. The van der Waals surface area contributed by atoms with E-state index in [2.05, 4.69) is 20.2 Å². The molecule has 10 heteroatoms. The zero-order valence-electron chi connectivity index (χ0n) is 11.8. The molecule has 0 saturated carbocycles. The van der Waals surface area contributed by atoms with E-state index < -0.39 is 12.1 Å². The Balaban J connectivity index is 1.62. The molecule has 0 aliphatic carbocycles. The van der Waals surface area contributed by atoms with E-state index in [0.29, 0.717) is 25.9 Å². The van der Waals surface area contributed by atoms with Gasteiger partial charge in [0.25, 0.3) is 5.91 Å². The van der Waals surface area contributed by atoms with Crippen molar-refractivity contribution in [3.8, 4) is 0 Å². The molecule has 7 nitrogen and oxygen atoms in total. The lowest BCUT2D eigenvalue weighted by atomic mass is 9.96. The van der Waals surface area contributed by atoms with Crippen LogP contribution in [-0.2, 0) is 6.18 Å². The average molecular weight is 327 g/mol. The smallest absolute Gasteiger partial charge is 0.417 e. The van der Waals surface area contributed by atoms with E-state index in [0.717, 1.165) is 0 Å². The van der Waals surface area contributed by atoms with E-state index in [4.69, 9.17) is 4.42 Å². The Morgan fingerprint density at radius 3 is 2.52 bits per heavy atom. The van der Waals surface area contributed by atoms with Gasteiger partial charge in [-0.15, -0.1) is 10.2 Å². The second-order valence-corrected chi connectivity index (χ2v) is 5.10. The Morgan fingerprint density at radius 1 is 1.22 bits per heavy atom. The highest BCUT2D eigenvalue weighted by Gasteiger charge is 2.39. The fourth-order valence-electron chi connectivity index (χ4n) is 2.42. The van der Waals surface area contributed by atoms with Crippen LogP contribution in [-0.4, -0.2) is 44.1 Å². The van der Waals surface area contributed by atoms with Crippen molar-refractivity contribution in [1.82, 2.24) is 25.1 Å². The maximum atomic E-state index is 12.5. The second-order valence-electron chi connectivity index (χ2n) is 5.10. The van der Waals surface area contributed by atoms with Gasteiger partial charge in [0.15, 0.2) is 0 Å². The summed E-state index contributed by atoms with van der Waals surface area (Å²) in [7, 11) is 0. The van der Waals surface area contributed by atoms with E-state index in [-0.39, 0.29) is 23.4 Å². The summed E-state index contributed by atoms with van der Waals surface area (Å²) in [5, 5.41) is 6.50. The second kappa shape index (κ2) is 5.94. The maximum absolute atomic E-state index is 12.5. The predicted octanol–water partition coefficient (Wildman–Crippen LogP) is 1.90. The molecule has 3 heterocycles. The number of carbonyl (C=O) groups excluding carboxylic acids is 1.